The minimum atomic E-state index is -0.700. The zero-order valence-corrected chi connectivity index (χ0v) is 10.8. The third-order valence-corrected chi connectivity index (χ3v) is 3.12. The molecule has 2 rings (SSSR count). The number of ether oxygens (including phenoxy) is 3. The van der Waals surface area contributed by atoms with Crippen molar-refractivity contribution in [3.05, 3.63) is 22.2 Å². The van der Waals surface area contributed by atoms with Gasteiger partial charge in [0.15, 0.2) is 11.5 Å². The normalized spacial score (nSPS) is 14.5. The van der Waals surface area contributed by atoms with Crippen molar-refractivity contribution in [1.29, 1.82) is 0 Å². The van der Waals surface area contributed by atoms with Gasteiger partial charge in [-0.1, -0.05) is 6.07 Å². The predicted molar refractivity (Wildman–Crippen MR) is 64.0 cm³/mol. The Morgan fingerprint density at radius 2 is 2.24 bits per heavy atom. The van der Waals surface area contributed by atoms with Crippen molar-refractivity contribution >= 4 is 21.9 Å². The summed E-state index contributed by atoms with van der Waals surface area (Å²) in [6.45, 7) is 0.179. The van der Waals surface area contributed by atoms with E-state index < -0.39 is 12.0 Å². The molecule has 6 heteroatoms. The molecule has 1 aromatic rings. The summed E-state index contributed by atoms with van der Waals surface area (Å²) < 4.78 is 16.1. The van der Waals surface area contributed by atoms with Crippen LogP contribution >= 0.6 is 15.9 Å². The van der Waals surface area contributed by atoms with E-state index in [1.165, 1.54) is 7.11 Å². The summed E-state index contributed by atoms with van der Waals surface area (Å²) in [5.41, 5.74) is 6.54. The van der Waals surface area contributed by atoms with E-state index in [0.717, 1.165) is 10.0 Å². The monoisotopic (exact) mass is 301 g/mol. The molecule has 0 amide bonds. The van der Waals surface area contributed by atoms with Gasteiger partial charge in [0.05, 0.1) is 11.6 Å². The summed E-state index contributed by atoms with van der Waals surface area (Å²) in [6.07, 6.45) is 0.353. The number of hydrogen-bond donors (Lipinski definition) is 1. The molecule has 0 unspecified atom stereocenters. The molecule has 92 valence electrons. The summed E-state index contributed by atoms with van der Waals surface area (Å²) in [5.74, 6) is 0.846. The summed E-state index contributed by atoms with van der Waals surface area (Å²) in [4.78, 5) is 11.3. The Balaban J connectivity index is 2.23. The van der Waals surface area contributed by atoms with E-state index in [1.807, 2.05) is 12.1 Å². The van der Waals surface area contributed by atoms with Crippen LogP contribution in [0.15, 0.2) is 16.6 Å². The number of benzene rings is 1. The van der Waals surface area contributed by atoms with Crippen molar-refractivity contribution in [3.63, 3.8) is 0 Å². The van der Waals surface area contributed by atoms with Gasteiger partial charge >= 0.3 is 5.97 Å². The first-order valence-electron chi connectivity index (χ1n) is 5.04. The molecule has 1 aliphatic heterocycles. The quantitative estimate of drug-likeness (QED) is 0.850. The maximum Gasteiger partial charge on any atom is 0.322 e. The SMILES string of the molecule is COC(=O)[C@@H](N)Cc1ccc(Br)c2c1OCO2. The number of methoxy groups -OCH3 is 1. The summed E-state index contributed by atoms with van der Waals surface area (Å²) >= 11 is 3.36. The predicted octanol–water partition coefficient (Wildman–Crippen LogP) is 1.22. The first-order valence-corrected chi connectivity index (χ1v) is 5.83. The van der Waals surface area contributed by atoms with E-state index in [1.54, 1.807) is 0 Å². The van der Waals surface area contributed by atoms with Crippen LogP contribution in [-0.4, -0.2) is 25.9 Å². The van der Waals surface area contributed by atoms with Gasteiger partial charge in [0.2, 0.25) is 6.79 Å². The average Bonchev–Trinajstić information content (AvgIpc) is 2.81. The standard InChI is InChI=1S/C11H12BrNO4/c1-15-11(14)8(13)4-6-2-3-7(12)10-9(6)16-5-17-10/h2-3,8H,4-5,13H2,1H3/t8-/m0/s1. The van der Waals surface area contributed by atoms with Crippen LogP contribution in [0, 0.1) is 0 Å². The van der Waals surface area contributed by atoms with Crippen LogP contribution in [0.2, 0.25) is 0 Å². The molecule has 0 bridgehead atoms. The zero-order valence-electron chi connectivity index (χ0n) is 9.23. The fourth-order valence-corrected chi connectivity index (χ4v) is 2.08. The van der Waals surface area contributed by atoms with Gasteiger partial charge in [-0.15, -0.1) is 0 Å². The third kappa shape index (κ3) is 2.37. The summed E-state index contributed by atoms with van der Waals surface area (Å²) in [5, 5.41) is 0. The molecule has 5 nitrogen and oxygen atoms in total. The highest BCUT2D eigenvalue weighted by Crippen LogP contribution is 2.41. The molecule has 1 aliphatic rings. The van der Waals surface area contributed by atoms with Crippen LogP contribution in [0.3, 0.4) is 0 Å². The number of hydrogen-bond acceptors (Lipinski definition) is 5. The van der Waals surface area contributed by atoms with Crippen molar-refractivity contribution in [1.82, 2.24) is 0 Å². The van der Waals surface area contributed by atoms with Crippen LogP contribution < -0.4 is 15.2 Å². The maximum absolute atomic E-state index is 11.3. The molecule has 0 saturated heterocycles. The van der Waals surface area contributed by atoms with E-state index in [4.69, 9.17) is 15.2 Å². The van der Waals surface area contributed by atoms with Crippen LogP contribution in [0.1, 0.15) is 5.56 Å². The second-order valence-corrected chi connectivity index (χ2v) is 4.46. The minimum Gasteiger partial charge on any atom is -0.468 e. The van der Waals surface area contributed by atoms with Gasteiger partial charge in [0, 0.05) is 12.0 Å². The Morgan fingerprint density at radius 3 is 2.94 bits per heavy atom. The second-order valence-electron chi connectivity index (χ2n) is 3.61. The van der Waals surface area contributed by atoms with E-state index >= 15 is 0 Å². The van der Waals surface area contributed by atoms with Crippen molar-refractivity contribution in [3.8, 4) is 11.5 Å². The molecular formula is C11H12BrNO4. The second kappa shape index (κ2) is 4.93. The first-order chi connectivity index (χ1) is 8.13. The van der Waals surface area contributed by atoms with E-state index in [2.05, 4.69) is 20.7 Å². The highest BCUT2D eigenvalue weighted by Gasteiger charge is 2.24. The number of fused-ring (bicyclic) bond motifs is 1. The molecular weight excluding hydrogens is 290 g/mol. The van der Waals surface area contributed by atoms with Crippen molar-refractivity contribution in [2.45, 2.75) is 12.5 Å². The lowest BCUT2D eigenvalue weighted by atomic mass is 10.1. The van der Waals surface area contributed by atoms with Gasteiger partial charge in [-0.3, -0.25) is 4.79 Å². The van der Waals surface area contributed by atoms with E-state index in [-0.39, 0.29) is 6.79 Å². The Hall–Kier alpha value is -1.27. The largest absolute Gasteiger partial charge is 0.468 e. The summed E-state index contributed by atoms with van der Waals surface area (Å²) in [7, 11) is 1.31. The third-order valence-electron chi connectivity index (χ3n) is 2.50. The highest BCUT2D eigenvalue weighted by atomic mass is 79.9. The van der Waals surface area contributed by atoms with Gasteiger partial charge < -0.3 is 19.9 Å². The van der Waals surface area contributed by atoms with Crippen LogP contribution in [0.25, 0.3) is 0 Å². The molecule has 0 spiro atoms. The molecule has 1 aromatic carbocycles. The summed E-state index contributed by atoms with van der Waals surface area (Å²) in [6, 6.07) is 2.99. The molecule has 0 aliphatic carbocycles. The Bertz CT molecular complexity index is 449. The molecule has 0 radical (unpaired) electrons. The van der Waals surface area contributed by atoms with Crippen molar-refractivity contribution in [2.75, 3.05) is 13.9 Å². The molecule has 1 atom stereocenters. The lowest BCUT2D eigenvalue weighted by Gasteiger charge is -2.11. The van der Waals surface area contributed by atoms with Gasteiger partial charge in [-0.25, -0.2) is 0 Å². The molecule has 0 saturated carbocycles. The number of nitrogens with two attached hydrogens (primary N) is 1. The Labute approximate surface area is 107 Å². The number of esters is 1. The lowest BCUT2D eigenvalue weighted by Crippen LogP contribution is -2.33. The molecule has 2 N–H and O–H groups in total. The topological polar surface area (TPSA) is 70.8 Å². The van der Waals surface area contributed by atoms with Crippen LogP contribution in [0.5, 0.6) is 11.5 Å². The van der Waals surface area contributed by atoms with E-state index in [0.29, 0.717) is 17.9 Å². The van der Waals surface area contributed by atoms with Crippen molar-refractivity contribution < 1.29 is 19.0 Å². The van der Waals surface area contributed by atoms with Crippen LogP contribution in [0.4, 0.5) is 0 Å². The smallest absolute Gasteiger partial charge is 0.322 e. The number of carbonyl (C=O) groups excluding carboxylic acids is 1. The highest BCUT2D eigenvalue weighted by molar-refractivity contribution is 9.10. The molecule has 0 fully saturated rings. The number of rotatable bonds is 3. The average molecular weight is 302 g/mol. The minimum absolute atomic E-state index is 0.179. The molecule has 0 aromatic heterocycles. The maximum atomic E-state index is 11.3. The zero-order chi connectivity index (χ0) is 12.4. The van der Waals surface area contributed by atoms with Crippen molar-refractivity contribution in [2.24, 2.45) is 5.73 Å². The first kappa shape index (κ1) is 12.2. The number of halogens is 1. The van der Waals surface area contributed by atoms with Crippen LogP contribution in [-0.2, 0) is 16.0 Å². The molecule has 1 heterocycles. The Kier molecular flexibility index (Phi) is 3.54. The molecule has 17 heavy (non-hydrogen) atoms. The van der Waals surface area contributed by atoms with E-state index in [9.17, 15) is 4.79 Å². The van der Waals surface area contributed by atoms with Gasteiger partial charge in [0.25, 0.3) is 0 Å². The lowest BCUT2D eigenvalue weighted by molar-refractivity contribution is -0.142. The fraction of sp³-hybridized carbons (Fsp3) is 0.364. The van der Waals surface area contributed by atoms with Gasteiger partial charge in [-0.2, -0.15) is 0 Å². The fourth-order valence-electron chi connectivity index (χ4n) is 1.65. The Morgan fingerprint density at radius 1 is 1.53 bits per heavy atom. The number of carbonyl (C=O) groups is 1. The van der Waals surface area contributed by atoms with Gasteiger partial charge in [0.1, 0.15) is 6.04 Å². The van der Waals surface area contributed by atoms with Gasteiger partial charge in [-0.05, 0) is 22.0 Å².